The van der Waals surface area contributed by atoms with Gasteiger partial charge < -0.3 is 4.43 Å². The van der Waals surface area contributed by atoms with Crippen LogP contribution in [-0.4, -0.2) is 13.9 Å². The average Bonchev–Trinajstić information content (AvgIpc) is 1.78. The molecule has 3 heteroatoms. The summed E-state index contributed by atoms with van der Waals surface area (Å²) in [5.41, 5.74) is -0.0191. The van der Waals surface area contributed by atoms with Crippen molar-refractivity contribution >= 4 is 24.2 Å². The first-order chi connectivity index (χ1) is 5.27. The molecular formula is C9H19BrOSi. The second-order valence-corrected chi connectivity index (χ2v) is 9.50. The molecule has 0 aliphatic rings. The van der Waals surface area contributed by atoms with Gasteiger partial charge in [0.2, 0.25) is 0 Å². The van der Waals surface area contributed by atoms with Crippen molar-refractivity contribution in [2.75, 3.05) is 0 Å². The van der Waals surface area contributed by atoms with Gasteiger partial charge >= 0.3 is 0 Å². The van der Waals surface area contributed by atoms with Gasteiger partial charge in [-0.2, -0.15) is 0 Å². The molecule has 0 fully saturated rings. The van der Waals surface area contributed by atoms with Crippen molar-refractivity contribution in [2.24, 2.45) is 0 Å². The maximum Gasteiger partial charge on any atom is 0.184 e. The summed E-state index contributed by atoms with van der Waals surface area (Å²) in [6, 6.07) is 0. The molecule has 0 spiro atoms. The Hall–Kier alpha value is 0.397. The molecular weight excluding hydrogens is 232 g/mol. The molecule has 0 aromatic heterocycles. The second-order valence-electron chi connectivity index (χ2n) is 4.54. The summed E-state index contributed by atoms with van der Waals surface area (Å²) in [7, 11) is -1.39. The van der Waals surface area contributed by atoms with Crippen molar-refractivity contribution in [3.05, 3.63) is 11.1 Å². The number of hydrogen-bond acceptors (Lipinski definition) is 1. The molecule has 1 nitrogen and oxygen atoms in total. The smallest absolute Gasteiger partial charge is 0.184 e. The highest BCUT2D eigenvalue weighted by Crippen LogP contribution is 2.21. The zero-order valence-corrected chi connectivity index (χ0v) is 11.2. The molecule has 0 N–H and O–H groups in total. The Kier molecular flexibility index (Phi) is 4.73. The van der Waals surface area contributed by atoms with E-state index in [1.165, 1.54) is 0 Å². The third-order valence-corrected chi connectivity index (χ3v) is 2.82. The Morgan fingerprint density at radius 3 is 2.17 bits per heavy atom. The predicted molar refractivity (Wildman–Crippen MR) is 61.2 cm³/mol. The molecule has 0 aliphatic carbocycles. The highest BCUT2D eigenvalue weighted by molar-refractivity contribution is 9.11. The van der Waals surface area contributed by atoms with Crippen molar-refractivity contribution < 1.29 is 4.43 Å². The lowest BCUT2D eigenvalue weighted by molar-refractivity contribution is 0.105. The van der Waals surface area contributed by atoms with Crippen LogP contribution in [0.5, 0.6) is 0 Å². The van der Waals surface area contributed by atoms with Gasteiger partial charge in [0.1, 0.15) is 0 Å². The molecule has 0 saturated heterocycles. The minimum absolute atomic E-state index is 0.0191. The van der Waals surface area contributed by atoms with E-state index in [-0.39, 0.29) is 5.60 Å². The minimum Gasteiger partial charge on any atom is -0.412 e. The van der Waals surface area contributed by atoms with E-state index < -0.39 is 8.32 Å². The summed E-state index contributed by atoms with van der Waals surface area (Å²) in [6.07, 6.45) is 3.04. The van der Waals surface area contributed by atoms with Crippen LogP contribution in [0.2, 0.25) is 19.6 Å². The summed E-state index contributed by atoms with van der Waals surface area (Å²) >= 11 is 3.26. The van der Waals surface area contributed by atoms with Gasteiger partial charge in [0.05, 0.1) is 5.60 Å². The summed E-state index contributed by atoms with van der Waals surface area (Å²) < 4.78 is 5.99. The lowest BCUT2D eigenvalue weighted by atomic mass is 10.1. The Morgan fingerprint density at radius 2 is 1.83 bits per heavy atom. The van der Waals surface area contributed by atoms with Crippen LogP contribution in [0.15, 0.2) is 11.1 Å². The molecule has 0 aromatic carbocycles. The molecule has 0 unspecified atom stereocenters. The molecule has 0 bridgehead atoms. The molecule has 0 aromatic rings. The van der Waals surface area contributed by atoms with Gasteiger partial charge in [-0.15, -0.1) is 0 Å². The SMILES string of the molecule is CC(C)(C/C=C/Br)O[Si](C)(C)C. The van der Waals surface area contributed by atoms with E-state index in [4.69, 9.17) is 4.43 Å². The van der Waals surface area contributed by atoms with Crippen molar-refractivity contribution in [3.8, 4) is 0 Å². The summed E-state index contributed by atoms with van der Waals surface area (Å²) in [5.74, 6) is 0. The normalized spacial score (nSPS) is 14.2. The van der Waals surface area contributed by atoms with Crippen LogP contribution in [0, 0.1) is 0 Å². The van der Waals surface area contributed by atoms with E-state index in [9.17, 15) is 0 Å². The van der Waals surface area contributed by atoms with Gasteiger partial charge in [-0.1, -0.05) is 22.0 Å². The van der Waals surface area contributed by atoms with Crippen molar-refractivity contribution in [2.45, 2.75) is 45.5 Å². The molecule has 0 radical (unpaired) electrons. The summed E-state index contributed by atoms with van der Waals surface area (Å²) in [6.45, 7) is 10.9. The Morgan fingerprint density at radius 1 is 1.33 bits per heavy atom. The highest BCUT2D eigenvalue weighted by atomic mass is 79.9. The van der Waals surface area contributed by atoms with Gasteiger partial charge in [-0.3, -0.25) is 0 Å². The molecule has 0 saturated carbocycles. The van der Waals surface area contributed by atoms with Gasteiger partial charge in [-0.05, 0) is 44.9 Å². The van der Waals surface area contributed by atoms with Crippen LogP contribution in [0.1, 0.15) is 20.3 Å². The maximum atomic E-state index is 5.99. The molecule has 72 valence electrons. The summed E-state index contributed by atoms with van der Waals surface area (Å²) in [5, 5.41) is 0. The molecule has 0 atom stereocenters. The molecule has 0 heterocycles. The first kappa shape index (κ1) is 12.4. The van der Waals surface area contributed by atoms with E-state index in [1.54, 1.807) is 0 Å². The number of rotatable bonds is 4. The van der Waals surface area contributed by atoms with Crippen LogP contribution in [-0.2, 0) is 4.43 Å². The van der Waals surface area contributed by atoms with Gasteiger partial charge in [0.25, 0.3) is 0 Å². The van der Waals surface area contributed by atoms with Crippen LogP contribution >= 0.6 is 15.9 Å². The van der Waals surface area contributed by atoms with E-state index >= 15 is 0 Å². The lowest BCUT2D eigenvalue weighted by Crippen LogP contribution is -2.37. The van der Waals surface area contributed by atoms with Gasteiger partial charge in [0.15, 0.2) is 8.32 Å². The average molecular weight is 251 g/mol. The third kappa shape index (κ3) is 7.07. The second kappa shape index (κ2) is 4.58. The van der Waals surface area contributed by atoms with Crippen molar-refractivity contribution in [1.82, 2.24) is 0 Å². The predicted octanol–water partition coefficient (Wildman–Crippen LogP) is 3.92. The molecule has 0 amide bonds. The van der Waals surface area contributed by atoms with E-state index in [1.807, 2.05) is 4.99 Å². The number of hydrogen-bond donors (Lipinski definition) is 0. The zero-order valence-electron chi connectivity index (χ0n) is 8.65. The van der Waals surface area contributed by atoms with Crippen LogP contribution in [0.4, 0.5) is 0 Å². The zero-order chi connectivity index (χ0) is 9.83. The fourth-order valence-corrected chi connectivity index (χ4v) is 3.13. The van der Waals surface area contributed by atoms with Crippen molar-refractivity contribution in [1.29, 1.82) is 0 Å². The Labute approximate surface area is 85.5 Å². The van der Waals surface area contributed by atoms with E-state index in [2.05, 4.69) is 55.5 Å². The van der Waals surface area contributed by atoms with E-state index in [0.29, 0.717) is 0 Å². The Bertz CT molecular complexity index is 158. The van der Waals surface area contributed by atoms with E-state index in [0.717, 1.165) is 6.42 Å². The third-order valence-electron chi connectivity index (χ3n) is 1.28. The maximum absolute atomic E-state index is 5.99. The first-order valence-corrected chi connectivity index (χ1v) is 8.55. The fraction of sp³-hybridized carbons (Fsp3) is 0.778. The van der Waals surface area contributed by atoms with Gasteiger partial charge in [-0.25, -0.2) is 0 Å². The van der Waals surface area contributed by atoms with Crippen LogP contribution < -0.4 is 0 Å². The van der Waals surface area contributed by atoms with Crippen molar-refractivity contribution in [3.63, 3.8) is 0 Å². The fourth-order valence-electron chi connectivity index (χ4n) is 1.20. The summed E-state index contributed by atoms with van der Waals surface area (Å²) in [4.78, 5) is 1.89. The van der Waals surface area contributed by atoms with Gasteiger partial charge in [0, 0.05) is 0 Å². The van der Waals surface area contributed by atoms with Crippen LogP contribution in [0.3, 0.4) is 0 Å². The molecule has 12 heavy (non-hydrogen) atoms. The lowest BCUT2D eigenvalue weighted by Gasteiger charge is -2.32. The Balaban J connectivity index is 4.04. The largest absolute Gasteiger partial charge is 0.412 e. The standard InChI is InChI=1S/C9H19BrOSi/c1-9(2,7-6-8-10)11-12(3,4)5/h6,8H,7H2,1-5H3/b8-6+. The van der Waals surface area contributed by atoms with Crippen LogP contribution in [0.25, 0.3) is 0 Å². The highest BCUT2D eigenvalue weighted by Gasteiger charge is 2.25. The monoisotopic (exact) mass is 250 g/mol. The topological polar surface area (TPSA) is 9.23 Å². The number of halogens is 1. The molecule has 0 aliphatic heterocycles. The first-order valence-electron chi connectivity index (χ1n) is 4.22. The minimum atomic E-state index is -1.39. The quantitative estimate of drug-likeness (QED) is 0.688. The molecule has 0 rings (SSSR count).